The fraction of sp³-hybridized carbons (Fsp3) is 0.333. The number of quaternary nitrogens is 1. The molecule has 6 heteroatoms. The van der Waals surface area contributed by atoms with Crippen LogP contribution in [-0.2, 0) is 16.9 Å². The molecule has 2 aromatic carbocycles. The second-order valence-electron chi connectivity index (χ2n) is 7.30. The predicted molar refractivity (Wildman–Crippen MR) is 98.9 cm³/mol. The summed E-state index contributed by atoms with van der Waals surface area (Å²) in [6.45, 7) is 3.32. The zero-order valence-corrected chi connectivity index (χ0v) is 15.5. The van der Waals surface area contributed by atoms with Crippen molar-refractivity contribution < 1.29 is 29.0 Å². The van der Waals surface area contributed by atoms with Crippen molar-refractivity contribution in [2.24, 2.45) is 0 Å². The Morgan fingerprint density at radius 3 is 2.37 bits per heavy atom. The van der Waals surface area contributed by atoms with Gasteiger partial charge >= 0.3 is 12.2 Å². The third kappa shape index (κ3) is 3.46. The lowest BCUT2D eigenvalue weighted by molar-refractivity contribution is -0.799. The highest BCUT2D eigenvalue weighted by Crippen LogP contribution is 2.42. The minimum atomic E-state index is -1.41. The van der Waals surface area contributed by atoms with Crippen LogP contribution in [0.25, 0.3) is 0 Å². The van der Waals surface area contributed by atoms with Crippen molar-refractivity contribution in [3.8, 4) is 0 Å². The van der Waals surface area contributed by atoms with E-state index in [1.165, 1.54) is 0 Å². The number of imide groups is 1. The number of carbonyl (C=O) groups excluding carboxylic acids is 1. The first kappa shape index (κ1) is 19.1. The van der Waals surface area contributed by atoms with E-state index < -0.39 is 28.3 Å². The standard InChI is InChI=1S/C21H23NO5/c1-15-8-10-18(11-9-15)21(26)12-16(2)22(14-21,19(23)24)20(25)27-13-17-6-4-3-5-7-17/h3-11,16,26H,12-14H2,1-2H3/p+1/t16-,21?,22?/m1/s1. The Labute approximate surface area is 158 Å². The molecule has 0 radical (unpaired) electrons. The molecule has 1 fully saturated rings. The van der Waals surface area contributed by atoms with Crippen LogP contribution in [-0.4, -0.2) is 39.5 Å². The molecule has 3 atom stereocenters. The number of benzene rings is 2. The number of ether oxygens (including phenoxy) is 1. The Balaban J connectivity index is 1.86. The highest BCUT2D eigenvalue weighted by molar-refractivity contribution is 5.76. The van der Waals surface area contributed by atoms with E-state index in [-0.39, 0.29) is 19.6 Å². The summed E-state index contributed by atoms with van der Waals surface area (Å²) in [5.41, 5.74) is 1.01. The first-order chi connectivity index (χ1) is 12.8. The van der Waals surface area contributed by atoms with Crippen LogP contribution in [0.3, 0.4) is 0 Å². The summed E-state index contributed by atoms with van der Waals surface area (Å²) in [4.78, 5) is 24.9. The van der Waals surface area contributed by atoms with Crippen LogP contribution in [0.1, 0.15) is 30.0 Å². The lowest BCUT2D eigenvalue weighted by Gasteiger charge is -2.29. The lowest BCUT2D eigenvalue weighted by Crippen LogP contribution is -2.59. The maximum absolute atomic E-state index is 12.8. The van der Waals surface area contributed by atoms with Crippen LogP contribution in [0.2, 0.25) is 0 Å². The zero-order valence-electron chi connectivity index (χ0n) is 15.5. The van der Waals surface area contributed by atoms with Crippen LogP contribution in [0.4, 0.5) is 9.59 Å². The highest BCUT2D eigenvalue weighted by Gasteiger charge is 2.63. The molecular weight excluding hydrogens is 346 g/mol. The number of amides is 2. The first-order valence-corrected chi connectivity index (χ1v) is 8.90. The van der Waals surface area contributed by atoms with E-state index in [9.17, 15) is 19.8 Å². The molecule has 142 valence electrons. The molecule has 0 aliphatic carbocycles. The minimum absolute atomic E-state index is 0.0113. The van der Waals surface area contributed by atoms with Crippen LogP contribution in [0.5, 0.6) is 0 Å². The Kier molecular flexibility index (Phi) is 5.04. The monoisotopic (exact) mass is 370 g/mol. The van der Waals surface area contributed by atoms with E-state index in [1.807, 2.05) is 37.3 Å². The number of aryl methyl sites for hydroxylation is 1. The van der Waals surface area contributed by atoms with E-state index in [2.05, 4.69) is 0 Å². The molecule has 1 aliphatic heterocycles. The van der Waals surface area contributed by atoms with Gasteiger partial charge in [-0.3, -0.25) is 0 Å². The molecular formula is C21H24NO5+. The van der Waals surface area contributed by atoms with Gasteiger partial charge in [0.15, 0.2) is 0 Å². The summed E-state index contributed by atoms with van der Waals surface area (Å²) < 4.78 is 4.39. The number of carboxylic acid groups (broad SMARTS) is 1. The van der Waals surface area contributed by atoms with Gasteiger partial charge in [0.25, 0.3) is 0 Å². The molecule has 6 nitrogen and oxygen atoms in total. The van der Waals surface area contributed by atoms with E-state index in [0.29, 0.717) is 5.56 Å². The third-order valence-electron chi connectivity index (χ3n) is 5.36. The molecule has 2 amide bonds. The van der Waals surface area contributed by atoms with Gasteiger partial charge in [-0.2, -0.15) is 9.59 Å². The Bertz CT molecular complexity index is 835. The second kappa shape index (κ2) is 7.13. The number of likely N-dealkylation sites (tertiary alicyclic amines) is 1. The summed E-state index contributed by atoms with van der Waals surface area (Å²) in [5.74, 6) is 0. The summed E-state index contributed by atoms with van der Waals surface area (Å²) in [5, 5.41) is 21.0. The molecule has 2 aromatic rings. The van der Waals surface area contributed by atoms with Gasteiger partial charge in [0.2, 0.25) is 0 Å². The number of aliphatic hydroxyl groups is 1. The smallest absolute Gasteiger partial charge is 0.435 e. The van der Waals surface area contributed by atoms with Crippen LogP contribution >= 0.6 is 0 Å². The van der Waals surface area contributed by atoms with Crippen molar-refractivity contribution in [3.05, 3.63) is 71.3 Å². The summed E-state index contributed by atoms with van der Waals surface area (Å²) in [7, 11) is 0. The van der Waals surface area contributed by atoms with Crippen molar-refractivity contribution >= 4 is 12.2 Å². The second-order valence-corrected chi connectivity index (χ2v) is 7.30. The maximum Gasteiger partial charge on any atom is 0.527 e. The van der Waals surface area contributed by atoms with Crippen molar-refractivity contribution in [1.29, 1.82) is 0 Å². The summed E-state index contributed by atoms with van der Waals surface area (Å²) in [6, 6.07) is 15.7. The normalized spacial score (nSPS) is 27.3. The van der Waals surface area contributed by atoms with Gasteiger partial charge in [-0.15, -0.1) is 4.48 Å². The van der Waals surface area contributed by atoms with Crippen LogP contribution in [0.15, 0.2) is 54.6 Å². The Morgan fingerprint density at radius 1 is 1.15 bits per heavy atom. The predicted octanol–water partition coefficient (Wildman–Crippen LogP) is 3.81. The molecule has 2 N–H and O–H groups in total. The van der Waals surface area contributed by atoms with Crippen LogP contribution < -0.4 is 0 Å². The highest BCUT2D eigenvalue weighted by atomic mass is 16.6. The number of hydrogen-bond acceptors (Lipinski definition) is 4. The largest absolute Gasteiger partial charge is 0.527 e. The van der Waals surface area contributed by atoms with Gasteiger partial charge in [-0.1, -0.05) is 60.2 Å². The first-order valence-electron chi connectivity index (χ1n) is 8.90. The maximum atomic E-state index is 12.8. The average Bonchev–Trinajstić information content (AvgIpc) is 2.94. The van der Waals surface area contributed by atoms with E-state index in [1.54, 1.807) is 31.2 Å². The fourth-order valence-electron chi connectivity index (χ4n) is 3.76. The molecule has 0 aromatic heterocycles. The number of carbonyl (C=O) groups is 2. The van der Waals surface area contributed by atoms with Crippen LogP contribution in [0, 0.1) is 6.92 Å². The molecule has 1 aliphatic rings. The van der Waals surface area contributed by atoms with Gasteiger partial charge in [0.1, 0.15) is 24.8 Å². The van der Waals surface area contributed by atoms with Gasteiger partial charge in [0.05, 0.1) is 0 Å². The van der Waals surface area contributed by atoms with Crippen molar-refractivity contribution in [1.82, 2.24) is 0 Å². The zero-order chi connectivity index (χ0) is 19.7. The molecule has 27 heavy (non-hydrogen) atoms. The molecule has 0 spiro atoms. The van der Waals surface area contributed by atoms with Gasteiger partial charge in [-0.25, -0.2) is 0 Å². The van der Waals surface area contributed by atoms with Crippen molar-refractivity contribution in [2.45, 2.75) is 38.5 Å². The van der Waals surface area contributed by atoms with Gasteiger partial charge < -0.3 is 14.9 Å². The van der Waals surface area contributed by atoms with Gasteiger partial charge in [-0.05, 0) is 25.0 Å². The SMILES string of the molecule is Cc1ccc(C2(O)C[C@@H](C)[N+](C(=O)O)(C(=O)OCc3ccccc3)C2)cc1. The summed E-state index contributed by atoms with van der Waals surface area (Å²) in [6.07, 6.45) is -2.02. The van der Waals surface area contributed by atoms with E-state index in [0.717, 1.165) is 11.1 Å². The molecule has 1 saturated heterocycles. The Hall–Kier alpha value is -2.70. The lowest BCUT2D eigenvalue weighted by atomic mass is 9.91. The molecule has 0 saturated carbocycles. The molecule has 0 bridgehead atoms. The minimum Gasteiger partial charge on any atom is -0.435 e. The summed E-state index contributed by atoms with van der Waals surface area (Å²) >= 11 is 0. The Morgan fingerprint density at radius 2 is 1.78 bits per heavy atom. The topological polar surface area (TPSA) is 83.8 Å². The average molecular weight is 370 g/mol. The van der Waals surface area contributed by atoms with E-state index >= 15 is 0 Å². The number of nitrogens with zero attached hydrogens (tertiary/aromatic N) is 1. The molecule has 3 rings (SSSR count). The molecule has 2 unspecified atom stereocenters. The fourth-order valence-corrected chi connectivity index (χ4v) is 3.76. The van der Waals surface area contributed by atoms with E-state index in [4.69, 9.17) is 4.74 Å². The molecule has 1 heterocycles. The number of rotatable bonds is 3. The third-order valence-corrected chi connectivity index (χ3v) is 5.36. The van der Waals surface area contributed by atoms with Crippen molar-refractivity contribution in [2.75, 3.05) is 6.54 Å². The number of hydrogen-bond donors (Lipinski definition) is 2. The quantitative estimate of drug-likeness (QED) is 0.803. The van der Waals surface area contributed by atoms with Gasteiger partial charge in [0, 0.05) is 6.42 Å². The van der Waals surface area contributed by atoms with Crippen molar-refractivity contribution in [3.63, 3.8) is 0 Å².